The third-order valence-corrected chi connectivity index (χ3v) is 4.04. The number of fused-ring (bicyclic) bond motifs is 1. The van der Waals surface area contributed by atoms with E-state index in [1.165, 1.54) is 5.56 Å². The minimum absolute atomic E-state index is 0.691. The number of aromatic nitrogens is 1. The van der Waals surface area contributed by atoms with Crippen molar-refractivity contribution in [2.45, 2.75) is 13.3 Å². The van der Waals surface area contributed by atoms with Gasteiger partial charge in [0, 0.05) is 22.4 Å². The number of nitrogens with one attached hydrogen (secondary N) is 1. The van der Waals surface area contributed by atoms with E-state index in [-0.39, 0.29) is 0 Å². The predicted molar refractivity (Wildman–Crippen MR) is 88.5 cm³/mol. The van der Waals surface area contributed by atoms with Gasteiger partial charge >= 0.3 is 0 Å². The first-order valence-electron chi connectivity index (χ1n) is 6.78. The summed E-state index contributed by atoms with van der Waals surface area (Å²) in [5, 5.41) is 1.79. The van der Waals surface area contributed by atoms with Crippen LogP contribution >= 0.6 is 11.6 Å². The minimum Gasteiger partial charge on any atom is -0.308 e. The zero-order valence-electron chi connectivity index (χ0n) is 11.7. The number of pyridine rings is 1. The van der Waals surface area contributed by atoms with Crippen LogP contribution < -0.4 is 11.3 Å². The Morgan fingerprint density at radius 1 is 1.14 bits per heavy atom. The van der Waals surface area contributed by atoms with Crippen LogP contribution in [0.15, 0.2) is 48.5 Å². The lowest BCUT2D eigenvalue weighted by atomic mass is 10.0. The van der Waals surface area contributed by atoms with Crippen molar-refractivity contribution < 1.29 is 0 Å². The lowest BCUT2D eigenvalue weighted by Crippen LogP contribution is -2.11. The maximum Gasteiger partial charge on any atom is 0.144 e. The Morgan fingerprint density at radius 3 is 2.62 bits per heavy atom. The molecule has 0 radical (unpaired) electrons. The topological polar surface area (TPSA) is 50.9 Å². The summed E-state index contributed by atoms with van der Waals surface area (Å²) in [7, 11) is 0. The number of rotatable bonds is 3. The quantitative estimate of drug-likeness (QED) is 0.566. The Balaban J connectivity index is 2.12. The number of aryl methyl sites for hydroxylation is 1. The van der Waals surface area contributed by atoms with Gasteiger partial charge in [0.1, 0.15) is 5.82 Å². The first-order chi connectivity index (χ1) is 10.2. The van der Waals surface area contributed by atoms with E-state index < -0.39 is 0 Å². The van der Waals surface area contributed by atoms with Crippen LogP contribution in [0.5, 0.6) is 0 Å². The highest BCUT2D eigenvalue weighted by Crippen LogP contribution is 2.28. The van der Waals surface area contributed by atoms with Gasteiger partial charge in [-0.15, -0.1) is 0 Å². The molecule has 0 unspecified atom stereocenters. The fourth-order valence-corrected chi connectivity index (χ4v) is 2.63. The molecule has 0 aliphatic rings. The second-order valence-corrected chi connectivity index (χ2v) is 5.45. The molecule has 2 aromatic carbocycles. The molecule has 0 aliphatic carbocycles. The molecule has 3 rings (SSSR count). The minimum atomic E-state index is 0.691. The molecule has 0 saturated carbocycles. The molecule has 1 aromatic heterocycles. The normalized spacial score (nSPS) is 10.8. The lowest BCUT2D eigenvalue weighted by molar-refractivity contribution is 1.14. The molecule has 3 N–H and O–H groups in total. The number of nitrogens with zero attached hydrogens (tertiary/aromatic N) is 1. The summed E-state index contributed by atoms with van der Waals surface area (Å²) in [5.74, 6) is 6.33. The molecule has 3 aromatic rings. The Bertz CT molecular complexity index is 785. The molecule has 0 saturated heterocycles. The third-order valence-electron chi connectivity index (χ3n) is 3.63. The molecule has 0 fully saturated rings. The number of hydrogen-bond donors (Lipinski definition) is 2. The average molecular weight is 298 g/mol. The lowest BCUT2D eigenvalue weighted by Gasteiger charge is -2.12. The van der Waals surface area contributed by atoms with Crippen LogP contribution in [0.1, 0.15) is 16.7 Å². The Kier molecular flexibility index (Phi) is 3.78. The third kappa shape index (κ3) is 2.71. The monoisotopic (exact) mass is 297 g/mol. The van der Waals surface area contributed by atoms with Crippen LogP contribution in [-0.4, -0.2) is 4.98 Å². The van der Waals surface area contributed by atoms with Crippen molar-refractivity contribution in [2.24, 2.45) is 5.84 Å². The smallest absolute Gasteiger partial charge is 0.144 e. The van der Waals surface area contributed by atoms with E-state index in [2.05, 4.69) is 28.6 Å². The van der Waals surface area contributed by atoms with Crippen molar-refractivity contribution in [3.05, 3.63) is 70.2 Å². The van der Waals surface area contributed by atoms with Crippen LogP contribution in [-0.2, 0) is 6.42 Å². The number of nitrogen functional groups attached to an aromatic ring is 1. The summed E-state index contributed by atoms with van der Waals surface area (Å²) in [6, 6.07) is 16.3. The zero-order chi connectivity index (χ0) is 14.8. The zero-order valence-corrected chi connectivity index (χ0v) is 12.5. The van der Waals surface area contributed by atoms with Gasteiger partial charge in [0.25, 0.3) is 0 Å². The van der Waals surface area contributed by atoms with E-state index in [4.69, 9.17) is 17.4 Å². The van der Waals surface area contributed by atoms with Gasteiger partial charge in [-0.25, -0.2) is 10.8 Å². The molecular formula is C17H16ClN3. The van der Waals surface area contributed by atoms with Gasteiger partial charge in [-0.05, 0) is 30.2 Å². The Labute approximate surface area is 128 Å². The summed E-state index contributed by atoms with van der Waals surface area (Å²) in [4.78, 5) is 4.63. The summed E-state index contributed by atoms with van der Waals surface area (Å²) in [5.41, 5.74) is 6.84. The molecule has 106 valence electrons. The highest BCUT2D eigenvalue weighted by molar-refractivity contribution is 6.32. The second kappa shape index (κ2) is 5.72. The number of benzene rings is 2. The van der Waals surface area contributed by atoms with Crippen LogP contribution in [0, 0.1) is 6.92 Å². The van der Waals surface area contributed by atoms with E-state index in [1.807, 2.05) is 37.3 Å². The average Bonchev–Trinajstić information content (AvgIpc) is 2.52. The van der Waals surface area contributed by atoms with Crippen LogP contribution in [0.3, 0.4) is 0 Å². The van der Waals surface area contributed by atoms with E-state index in [9.17, 15) is 0 Å². The fourth-order valence-electron chi connectivity index (χ4n) is 2.48. The number of hydrazine groups is 1. The van der Waals surface area contributed by atoms with Gasteiger partial charge in [-0.3, -0.25) is 0 Å². The number of anilines is 1. The highest BCUT2D eigenvalue weighted by Gasteiger charge is 2.10. The molecule has 1 heterocycles. The summed E-state index contributed by atoms with van der Waals surface area (Å²) < 4.78 is 0. The second-order valence-electron chi connectivity index (χ2n) is 5.05. The van der Waals surface area contributed by atoms with E-state index >= 15 is 0 Å². The van der Waals surface area contributed by atoms with E-state index in [1.54, 1.807) is 0 Å². The number of halogens is 1. The molecule has 0 spiro atoms. The molecule has 4 heteroatoms. The van der Waals surface area contributed by atoms with Crippen LogP contribution in [0.4, 0.5) is 5.82 Å². The van der Waals surface area contributed by atoms with Gasteiger partial charge in [0.2, 0.25) is 0 Å². The molecule has 0 atom stereocenters. The van der Waals surface area contributed by atoms with Crippen molar-refractivity contribution in [3.8, 4) is 0 Å². The van der Waals surface area contributed by atoms with Crippen molar-refractivity contribution in [1.82, 2.24) is 4.98 Å². The van der Waals surface area contributed by atoms with E-state index in [0.717, 1.165) is 28.5 Å². The van der Waals surface area contributed by atoms with Gasteiger partial charge in [0.15, 0.2) is 0 Å². The molecule has 0 amide bonds. The van der Waals surface area contributed by atoms with Gasteiger partial charge in [-0.2, -0.15) is 0 Å². The maximum absolute atomic E-state index is 6.16. The van der Waals surface area contributed by atoms with Gasteiger partial charge < -0.3 is 5.43 Å². The summed E-state index contributed by atoms with van der Waals surface area (Å²) in [6.07, 6.45) is 0.783. The van der Waals surface area contributed by atoms with E-state index in [0.29, 0.717) is 10.8 Å². The highest BCUT2D eigenvalue weighted by atomic mass is 35.5. The Morgan fingerprint density at radius 2 is 1.90 bits per heavy atom. The molecule has 3 nitrogen and oxygen atoms in total. The standard InChI is InChI=1S/C17H16ClN3/c1-11-15(18)8-7-13-10-14(17(21-19)20-16(11)13)9-12-5-3-2-4-6-12/h2-8,10H,9,19H2,1H3,(H,20,21). The molecule has 0 aliphatic heterocycles. The van der Waals surface area contributed by atoms with Crippen LogP contribution in [0.25, 0.3) is 10.9 Å². The molecule has 21 heavy (non-hydrogen) atoms. The van der Waals surface area contributed by atoms with Crippen molar-refractivity contribution in [3.63, 3.8) is 0 Å². The predicted octanol–water partition coefficient (Wildman–Crippen LogP) is 4.07. The van der Waals surface area contributed by atoms with Gasteiger partial charge in [0.05, 0.1) is 5.52 Å². The maximum atomic E-state index is 6.16. The molecule has 0 bridgehead atoms. The Hall–Kier alpha value is -2.10. The summed E-state index contributed by atoms with van der Waals surface area (Å²) >= 11 is 6.16. The first-order valence-corrected chi connectivity index (χ1v) is 7.16. The molecular weight excluding hydrogens is 282 g/mol. The number of nitrogens with two attached hydrogens (primary N) is 1. The first kappa shape index (κ1) is 13.9. The van der Waals surface area contributed by atoms with Gasteiger partial charge in [-0.1, -0.05) is 48.0 Å². The SMILES string of the molecule is Cc1c(Cl)ccc2cc(Cc3ccccc3)c(NN)nc12. The largest absolute Gasteiger partial charge is 0.308 e. The number of hydrogen-bond acceptors (Lipinski definition) is 3. The van der Waals surface area contributed by atoms with Crippen LogP contribution in [0.2, 0.25) is 5.02 Å². The van der Waals surface area contributed by atoms with Crippen molar-refractivity contribution >= 4 is 28.3 Å². The van der Waals surface area contributed by atoms with Crippen molar-refractivity contribution in [2.75, 3.05) is 5.43 Å². The summed E-state index contributed by atoms with van der Waals surface area (Å²) in [6.45, 7) is 1.97. The fraction of sp³-hybridized carbons (Fsp3) is 0.118. The van der Waals surface area contributed by atoms with Crippen molar-refractivity contribution in [1.29, 1.82) is 0 Å².